The molecule has 10 heteroatoms. The van der Waals surface area contributed by atoms with Gasteiger partial charge < -0.3 is 19.7 Å². The van der Waals surface area contributed by atoms with E-state index in [9.17, 15) is 19.5 Å². The largest absolute Gasteiger partial charge is 0.461 e. The second-order valence-corrected chi connectivity index (χ2v) is 12.1. The lowest BCUT2D eigenvalue weighted by Gasteiger charge is -2.29. The van der Waals surface area contributed by atoms with E-state index in [4.69, 9.17) is 19.7 Å². The van der Waals surface area contributed by atoms with Crippen molar-refractivity contribution in [3.8, 4) is 17.2 Å². The van der Waals surface area contributed by atoms with Crippen LogP contribution in [-0.2, 0) is 14.1 Å². The maximum absolute atomic E-state index is 13.2. The molecule has 0 amide bonds. The van der Waals surface area contributed by atoms with Crippen molar-refractivity contribution in [3.63, 3.8) is 0 Å². The molecular weight excluding hydrogens is 495 g/mol. The van der Waals surface area contributed by atoms with E-state index in [2.05, 4.69) is 12.1 Å². The van der Waals surface area contributed by atoms with Gasteiger partial charge in [-0.1, -0.05) is 30.3 Å². The van der Waals surface area contributed by atoms with Gasteiger partial charge in [-0.3, -0.25) is 14.7 Å². The lowest BCUT2D eigenvalue weighted by Crippen LogP contribution is -2.39. The zero-order chi connectivity index (χ0) is 26.0. The highest BCUT2D eigenvalue weighted by Crippen LogP contribution is 2.73. The van der Waals surface area contributed by atoms with Gasteiger partial charge in [-0.25, -0.2) is 4.79 Å². The molecule has 3 aromatic carbocycles. The number of nitro groups is 1. The molecule has 0 aromatic heterocycles. The average Bonchev–Trinajstić information content (AvgIpc) is 3.47. The Morgan fingerprint density at radius 2 is 1.46 bits per heavy atom. The summed E-state index contributed by atoms with van der Waals surface area (Å²) in [6.07, 6.45) is 3.01. The third-order valence-electron chi connectivity index (χ3n) is 6.89. The highest BCUT2D eigenvalue weighted by molar-refractivity contribution is 7.70. The Morgan fingerprint density at radius 3 is 2.05 bits per heavy atom. The molecule has 2 fully saturated rings. The number of hydrogen-bond acceptors (Lipinski definition) is 8. The van der Waals surface area contributed by atoms with Crippen LogP contribution in [0.3, 0.4) is 0 Å². The van der Waals surface area contributed by atoms with Gasteiger partial charge in [0.1, 0.15) is 23.4 Å². The first-order valence-electron chi connectivity index (χ1n) is 12.1. The van der Waals surface area contributed by atoms with Gasteiger partial charge >= 0.3 is 5.97 Å². The Balaban J connectivity index is 1.13. The highest BCUT2D eigenvalue weighted by atomic mass is 31.2. The lowest BCUT2D eigenvalue weighted by molar-refractivity contribution is -0.384. The Labute approximate surface area is 214 Å². The number of carbonyl (C=O) groups excluding carboxylic acids is 1. The van der Waals surface area contributed by atoms with Crippen molar-refractivity contribution in [2.24, 2.45) is 5.73 Å². The lowest BCUT2D eigenvalue weighted by atomic mass is 9.83. The Kier molecular flexibility index (Phi) is 6.75. The first-order chi connectivity index (χ1) is 17.8. The Hall–Kier alpha value is -3.68. The summed E-state index contributed by atoms with van der Waals surface area (Å²) in [6.45, 7) is 0. The standard InChI is InChI=1S/C27H27N2O7P/c28-27(26(30)35-24-10-6-20(7-11-24)19-4-2-1-3-5-19)18-37(27,33)36-25-16-14-23(15-17-25)34-22-12-8-21(9-13-22)29(31)32/h1-5,8-9,12-17,20,24H,6-7,10-11,18,28H2/t20?,24?,27-,37?/m1/s1. The number of nitrogens with zero attached hydrogens (tertiary/aromatic N) is 1. The number of rotatable bonds is 8. The molecule has 1 heterocycles. The topological polar surface area (TPSA) is 131 Å². The zero-order valence-corrected chi connectivity index (χ0v) is 20.9. The number of nitro benzene ring substituents is 1. The van der Waals surface area contributed by atoms with E-state index in [1.165, 1.54) is 29.8 Å². The summed E-state index contributed by atoms with van der Waals surface area (Å²) in [6, 6.07) is 22.3. The van der Waals surface area contributed by atoms with Gasteiger partial charge in [0.15, 0.2) is 0 Å². The molecule has 1 saturated heterocycles. The minimum atomic E-state index is -3.44. The van der Waals surface area contributed by atoms with E-state index in [-0.39, 0.29) is 18.0 Å². The van der Waals surface area contributed by atoms with Gasteiger partial charge in [0.05, 0.1) is 11.1 Å². The van der Waals surface area contributed by atoms with E-state index in [1.807, 2.05) is 18.2 Å². The van der Waals surface area contributed by atoms with Crippen LogP contribution >= 0.6 is 7.37 Å². The molecule has 2 atom stereocenters. The maximum atomic E-state index is 13.2. The molecule has 0 radical (unpaired) electrons. The second-order valence-electron chi connectivity index (χ2n) is 9.46. The number of carbonyl (C=O) groups is 1. The molecule has 1 saturated carbocycles. The summed E-state index contributed by atoms with van der Waals surface area (Å²) in [7, 11) is -3.44. The third kappa shape index (κ3) is 5.38. The van der Waals surface area contributed by atoms with Crippen LogP contribution in [0.2, 0.25) is 0 Å². The van der Waals surface area contributed by atoms with E-state index >= 15 is 0 Å². The molecule has 37 heavy (non-hydrogen) atoms. The second kappa shape index (κ2) is 10.00. The van der Waals surface area contributed by atoms with Crippen LogP contribution in [-0.4, -0.2) is 28.4 Å². The first kappa shape index (κ1) is 25.0. The van der Waals surface area contributed by atoms with Gasteiger partial charge in [-0.2, -0.15) is 0 Å². The van der Waals surface area contributed by atoms with E-state index in [0.717, 1.165) is 25.7 Å². The summed E-state index contributed by atoms with van der Waals surface area (Å²) in [4.78, 5) is 23.1. The quantitative estimate of drug-likeness (QED) is 0.165. The Morgan fingerprint density at radius 1 is 0.892 bits per heavy atom. The van der Waals surface area contributed by atoms with Crippen LogP contribution in [0.15, 0.2) is 78.9 Å². The number of esters is 1. The predicted octanol–water partition coefficient (Wildman–Crippen LogP) is 5.98. The molecule has 0 bridgehead atoms. The summed E-state index contributed by atoms with van der Waals surface area (Å²) >= 11 is 0. The smallest absolute Gasteiger partial charge is 0.338 e. The zero-order valence-electron chi connectivity index (χ0n) is 20.0. The van der Waals surface area contributed by atoms with Crippen LogP contribution in [0.5, 0.6) is 17.2 Å². The molecular formula is C27H27N2O7P. The molecule has 1 aliphatic carbocycles. The maximum Gasteiger partial charge on any atom is 0.338 e. The number of benzene rings is 3. The van der Waals surface area contributed by atoms with Crippen LogP contribution < -0.4 is 15.0 Å². The van der Waals surface area contributed by atoms with Gasteiger partial charge in [-0.05, 0) is 73.6 Å². The minimum Gasteiger partial charge on any atom is -0.461 e. The molecule has 2 aliphatic rings. The van der Waals surface area contributed by atoms with E-state index < -0.39 is 23.5 Å². The summed E-state index contributed by atoms with van der Waals surface area (Å²) < 4.78 is 30.2. The number of hydrogen-bond donors (Lipinski definition) is 1. The van der Waals surface area contributed by atoms with Crippen LogP contribution in [0.4, 0.5) is 5.69 Å². The number of nitrogens with two attached hydrogens (primary N) is 1. The van der Waals surface area contributed by atoms with Crippen molar-refractivity contribution in [3.05, 3.63) is 94.5 Å². The molecule has 0 spiro atoms. The van der Waals surface area contributed by atoms with E-state index in [0.29, 0.717) is 23.2 Å². The van der Waals surface area contributed by atoms with Gasteiger partial charge in [0.25, 0.3) is 13.1 Å². The molecule has 2 N–H and O–H groups in total. The van der Waals surface area contributed by atoms with Crippen LogP contribution in [0.25, 0.3) is 0 Å². The predicted molar refractivity (Wildman–Crippen MR) is 137 cm³/mol. The molecule has 192 valence electrons. The number of non-ortho nitro benzene ring substituents is 1. The molecule has 3 aromatic rings. The average molecular weight is 522 g/mol. The summed E-state index contributed by atoms with van der Waals surface area (Å²) in [5.41, 5.74) is 7.45. The fraction of sp³-hybridized carbons (Fsp3) is 0.296. The fourth-order valence-corrected chi connectivity index (χ4v) is 6.66. The summed E-state index contributed by atoms with van der Waals surface area (Å²) in [5, 5.41) is 9.14. The minimum absolute atomic E-state index is 0.0334. The van der Waals surface area contributed by atoms with Crippen molar-refractivity contribution in [1.29, 1.82) is 0 Å². The summed E-state index contributed by atoms with van der Waals surface area (Å²) in [5.74, 6) is 0.960. The normalized spacial score (nSPS) is 26.6. The van der Waals surface area contributed by atoms with Crippen molar-refractivity contribution in [2.45, 2.75) is 43.0 Å². The van der Waals surface area contributed by atoms with Crippen molar-refractivity contribution in [1.82, 2.24) is 0 Å². The van der Waals surface area contributed by atoms with Crippen molar-refractivity contribution >= 4 is 19.0 Å². The Bertz CT molecular complexity index is 1320. The van der Waals surface area contributed by atoms with Gasteiger partial charge in [0.2, 0.25) is 5.28 Å². The fourth-order valence-electron chi connectivity index (χ4n) is 4.60. The van der Waals surface area contributed by atoms with Crippen molar-refractivity contribution < 1.29 is 28.3 Å². The SMILES string of the molecule is N[C@]1(C(=O)OC2CCC(c3ccccc3)CC2)CP1(=O)Oc1ccc(Oc2ccc([N+](=O)[O-])cc2)cc1. The van der Waals surface area contributed by atoms with Gasteiger partial charge in [0, 0.05) is 12.1 Å². The van der Waals surface area contributed by atoms with Crippen LogP contribution in [0.1, 0.15) is 37.2 Å². The van der Waals surface area contributed by atoms with Crippen LogP contribution in [0, 0.1) is 10.1 Å². The van der Waals surface area contributed by atoms with Crippen molar-refractivity contribution in [2.75, 3.05) is 6.16 Å². The van der Waals surface area contributed by atoms with E-state index in [1.54, 1.807) is 24.3 Å². The molecule has 5 rings (SSSR count). The molecule has 1 unspecified atom stereocenters. The number of ether oxygens (including phenoxy) is 2. The highest BCUT2D eigenvalue weighted by Gasteiger charge is 2.72. The molecule has 9 nitrogen and oxygen atoms in total. The monoisotopic (exact) mass is 522 g/mol. The molecule has 1 aliphatic heterocycles. The van der Waals surface area contributed by atoms with Gasteiger partial charge in [-0.15, -0.1) is 0 Å². The first-order valence-corrected chi connectivity index (χ1v) is 13.9. The third-order valence-corrected chi connectivity index (χ3v) is 9.48.